The zero-order valence-corrected chi connectivity index (χ0v) is 19.0. The molecule has 0 aliphatic carbocycles. The van der Waals surface area contributed by atoms with Crippen LogP contribution in [0.2, 0.25) is 0 Å². The second-order valence-electron chi connectivity index (χ2n) is 7.39. The number of nitrogens with zero attached hydrogens (tertiary/aromatic N) is 1. The fourth-order valence-corrected chi connectivity index (χ4v) is 5.28. The van der Waals surface area contributed by atoms with Crippen LogP contribution in [-0.4, -0.2) is 53.0 Å². The summed E-state index contributed by atoms with van der Waals surface area (Å²) in [5, 5.41) is 2.86. The number of anilines is 1. The summed E-state index contributed by atoms with van der Waals surface area (Å²) in [5.41, 5.74) is 1.25. The fourth-order valence-electron chi connectivity index (χ4n) is 3.67. The van der Waals surface area contributed by atoms with Crippen molar-refractivity contribution in [3.8, 4) is 17.2 Å². The number of rotatable bonds is 7. The predicted octanol–water partition coefficient (Wildman–Crippen LogP) is 3.06. The van der Waals surface area contributed by atoms with Crippen LogP contribution in [0.15, 0.2) is 41.3 Å². The number of ether oxygens (including phenoxy) is 3. The largest absolute Gasteiger partial charge is 0.497 e. The highest BCUT2D eigenvalue weighted by atomic mass is 32.2. The summed E-state index contributed by atoms with van der Waals surface area (Å²) in [5.74, 6) is 1.01. The molecule has 8 nitrogen and oxygen atoms in total. The first kappa shape index (κ1) is 22.9. The average molecular weight is 449 g/mol. The van der Waals surface area contributed by atoms with Crippen LogP contribution >= 0.6 is 0 Å². The van der Waals surface area contributed by atoms with Crippen molar-refractivity contribution in [1.82, 2.24) is 4.31 Å². The van der Waals surface area contributed by atoms with Crippen LogP contribution in [0, 0.1) is 12.8 Å². The lowest BCUT2D eigenvalue weighted by atomic mass is 9.98. The van der Waals surface area contributed by atoms with Crippen LogP contribution in [0.4, 0.5) is 5.69 Å². The van der Waals surface area contributed by atoms with Crippen LogP contribution < -0.4 is 19.5 Å². The van der Waals surface area contributed by atoms with Crippen LogP contribution in [0.25, 0.3) is 0 Å². The average Bonchev–Trinajstić information content (AvgIpc) is 2.79. The van der Waals surface area contributed by atoms with Crippen LogP contribution in [0.1, 0.15) is 18.4 Å². The second kappa shape index (κ2) is 9.57. The summed E-state index contributed by atoms with van der Waals surface area (Å²) in [6, 6.07) is 9.88. The fraction of sp³-hybridized carbons (Fsp3) is 0.409. The maximum Gasteiger partial charge on any atom is 0.243 e. The molecular formula is C22H28N2O6S. The molecule has 1 saturated heterocycles. The molecule has 9 heteroatoms. The van der Waals surface area contributed by atoms with Crippen molar-refractivity contribution < 1.29 is 27.4 Å². The van der Waals surface area contributed by atoms with Gasteiger partial charge in [-0.1, -0.05) is 0 Å². The Balaban J connectivity index is 1.75. The Morgan fingerprint density at radius 2 is 1.77 bits per heavy atom. The molecule has 2 aromatic carbocycles. The zero-order chi connectivity index (χ0) is 22.6. The lowest BCUT2D eigenvalue weighted by molar-refractivity contribution is -0.120. The van der Waals surface area contributed by atoms with Gasteiger partial charge in [0, 0.05) is 19.2 Å². The molecule has 31 heavy (non-hydrogen) atoms. The minimum atomic E-state index is -3.71. The molecule has 1 N–H and O–H groups in total. The maximum atomic E-state index is 13.2. The summed E-state index contributed by atoms with van der Waals surface area (Å²) in [6.45, 7) is 2.30. The molecule has 168 valence electrons. The second-order valence-corrected chi connectivity index (χ2v) is 9.33. The van der Waals surface area contributed by atoms with Gasteiger partial charge in [0.25, 0.3) is 0 Å². The van der Waals surface area contributed by atoms with E-state index in [4.69, 9.17) is 14.2 Å². The van der Waals surface area contributed by atoms with E-state index < -0.39 is 15.9 Å². The number of nitrogens with one attached hydrogen (secondary N) is 1. The summed E-state index contributed by atoms with van der Waals surface area (Å²) in [7, 11) is 0.890. The molecule has 0 unspecified atom stereocenters. The van der Waals surface area contributed by atoms with Gasteiger partial charge < -0.3 is 19.5 Å². The third-order valence-corrected chi connectivity index (χ3v) is 7.29. The van der Waals surface area contributed by atoms with Crippen molar-refractivity contribution in [2.75, 3.05) is 39.7 Å². The third kappa shape index (κ3) is 4.94. The van der Waals surface area contributed by atoms with Gasteiger partial charge in [0.2, 0.25) is 15.9 Å². The number of hydrogen-bond donors (Lipinski definition) is 1. The van der Waals surface area contributed by atoms with Gasteiger partial charge in [-0.25, -0.2) is 8.42 Å². The van der Waals surface area contributed by atoms with Gasteiger partial charge in [-0.2, -0.15) is 4.31 Å². The van der Waals surface area contributed by atoms with E-state index in [0.29, 0.717) is 42.3 Å². The Bertz CT molecular complexity index is 1050. The van der Waals surface area contributed by atoms with E-state index in [1.165, 1.54) is 17.5 Å². The maximum absolute atomic E-state index is 13.2. The first-order chi connectivity index (χ1) is 14.8. The molecule has 1 fully saturated rings. The van der Waals surface area contributed by atoms with Gasteiger partial charge >= 0.3 is 0 Å². The third-order valence-electron chi connectivity index (χ3n) is 5.43. The van der Waals surface area contributed by atoms with Gasteiger partial charge in [-0.15, -0.1) is 0 Å². The number of hydrogen-bond acceptors (Lipinski definition) is 6. The number of carbonyl (C=O) groups is 1. The Morgan fingerprint density at radius 3 is 2.42 bits per heavy atom. The standard InChI is InChI=1S/C22H28N2O6S/c1-15-12-18(8-10-20(15)29-3)31(26,27)24-11-5-6-16(14-24)22(25)23-19-9-7-17(28-2)13-21(19)30-4/h7-10,12-13,16H,5-6,11,14H2,1-4H3,(H,23,25)/t16-/m0/s1. The van der Waals surface area contributed by atoms with Crippen molar-refractivity contribution in [3.63, 3.8) is 0 Å². The van der Waals surface area contributed by atoms with Crippen molar-refractivity contribution in [2.24, 2.45) is 5.92 Å². The highest BCUT2D eigenvalue weighted by Gasteiger charge is 2.33. The summed E-state index contributed by atoms with van der Waals surface area (Å²) in [6.07, 6.45) is 1.21. The number of amides is 1. The summed E-state index contributed by atoms with van der Waals surface area (Å²) < 4.78 is 43.4. The predicted molar refractivity (Wildman–Crippen MR) is 117 cm³/mol. The van der Waals surface area contributed by atoms with Gasteiger partial charge in [-0.3, -0.25) is 4.79 Å². The van der Waals surface area contributed by atoms with E-state index in [9.17, 15) is 13.2 Å². The highest BCUT2D eigenvalue weighted by molar-refractivity contribution is 7.89. The molecule has 1 aliphatic heterocycles. The van der Waals surface area contributed by atoms with Gasteiger partial charge in [0.05, 0.1) is 37.8 Å². The number of benzene rings is 2. The normalized spacial score (nSPS) is 17.1. The molecule has 0 aromatic heterocycles. The molecule has 1 heterocycles. The number of aryl methyl sites for hydroxylation is 1. The molecule has 0 bridgehead atoms. The van der Waals surface area contributed by atoms with Gasteiger partial charge in [-0.05, 0) is 55.7 Å². The van der Waals surface area contributed by atoms with Crippen molar-refractivity contribution in [3.05, 3.63) is 42.0 Å². The number of carbonyl (C=O) groups excluding carboxylic acids is 1. The van der Waals surface area contributed by atoms with Gasteiger partial charge in [0.1, 0.15) is 17.2 Å². The number of sulfonamides is 1. The Kier molecular flexibility index (Phi) is 7.07. The molecule has 1 amide bonds. The van der Waals surface area contributed by atoms with E-state index in [1.807, 2.05) is 0 Å². The molecule has 0 radical (unpaired) electrons. The minimum Gasteiger partial charge on any atom is -0.497 e. The molecule has 1 atom stereocenters. The quantitative estimate of drug-likeness (QED) is 0.700. The summed E-state index contributed by atoms with van der Waals surface area (Å²) >= 11 is 0. The first-order valence-electron chi connectivity index (χ1n) is 9.97. The lowest BCUT2D eigenvalue weighted by Crippen LogP contribution is -2.43. The van der Waals surface area contributed by atoms with E-state index in [0.717, 1.165) is 5.56 Å². The SMILES string of the molecule is COc1ccc(NC(=O)[C@H]2CCCN(S(=O)(=O)c3ccc(OC)c(C)c3)C2)c(OC)c1. The Hall–Kier alpha value is -2.78. The van der Waals surface area contributed by atoms with Gasteiger partial charge in [0.15, 0.2) is 0 Å². The van der Waals surface area contributed by atoms with E-state index in [2.05, 4.69) is 5.32 Å². The first-order valence-corrected chi connectivity index (χ1v) is 11.4. The zero-order valence-electron chi connectivity index (χ0n) is 18.2. The number of methoxy groups -OCH3 is 3. The molecular weight excluding hydrogens is 420 g/mol. The van der Waals surface area contributed by atoms with Crippen molar-refractivity contribution in [2.45, 2.75) is 24.7 Å². The smallest absolute Gasteiger partial charge is 0.243 e. The van der Waals surface area contributed by atoms with E-state index in [1.54, 1.807) is 51.5 Å². The Labute approximate surface area is 183 Å². The molecule has 2 aromatic rings. The van der Waals surface area contributed by atoms with Crippen LogP contribution in [-0.2, 0) is 14.8 Å². The lowest BCUT2D eigenvalue weighted by Gasteiger charge is -2.31. The van der Waals surface area contributed by atoms with E-state index in [-0.39, 0.29) is 17.3 Å². The summed E-state index contributed by atoms with van der Waals surface area (Å²) in [4.78, 5) is 13.1. The van der Waals surface area contributed by atoms with E-state index >= 15 is 0 Å². The monoisotopic (exact) mass is 448 g/mol. The molecule has 1 aliphatic rings. The topological polar surface area (TPSA) is 94.2 Å². The minimum absolute atomic E-state index is 0.123. The molecule has 3 rings (SSSR count). The van der Waals surface area contributed by atoms with Crippen LogP contribution in [0.5, 0.6) is 17.2 Å². The molecule has 0 saturated carbocycles. The van der Waals surface area contributed by atoms with Crippen molar-refractivity contribution >= 4 is 21.6 Å². The number of piperidine rings is 1. The van der Waals surface area contributed by atoms with Crippen molar-refractivity contribution in [1.29, 1.82) is 0 Å². The van der Waals surface area contributed by atoms with Crippen LogP contribution in [0.3, 0.4) is 0 Å². The Morgan fingerprint density at radius 1 is 1.03 bits per heavy atom. The highest BCUT2D eigenvalue weighted by Crippen LogP contribution is 2.31. The molecule has 0 spiro atoms.